The summed E-state index contributed by atoms with van der Waals surface area (Å²) in [7, 11) is 0. The Balaban J connectivity index is 1.87. The minimum atomic E-state index is 0.839. The van der Waals surface area contributed by atoms with Gasteiger partial charge in [-0.15, -0.1) is 22.0 Å². The van der Waals surface area contributed by atoms with E-state index >= 15 is 0 Å². The van der Waals surface area contributed by atoms with Gasteiger partial charge in [-0.25, -0.2) is 0 Å². The normalized spacial score (nSPS) is 10.7. The number of aromatic nitrogens is 2. The number of hydrogen-bond acceptors (Lipinski definition) is 6. The second-order valence-electron chi connectivity index (χ2n) is 3.56. The number of hydrogen-bond donors (Lipinski definition) is 1. The number of nitrogens with zero attached hydrogens (tertiary/aromatic N) is 2. The van der Waals surface area contributed by atoms with Crippen molar-refractivity contribution in [2.75, 3.05) is 11.9 Å². The van der Waals surface area contributed by atoms with Crippen molar-refractivity contribution in [3.8, 4) is 0 Å². The highest BCUT2D eigenvalue weighted by atomic mass is 32.2. The van der Waals surface area contributed by atoms with Crippen LogP contribution in [-0.2, 0) is 5.75 Å². The van der Waals surface area contributed by atoms with Gasteiger partial charge in [0.2, 0.25) is 5.13 Å². The lowest BCUT2D eigenvalue weighted by atomic mass is 10.5. The van der Waals surface area contributed by atoms with Crippen LogP contribution in [0.3, 0.4) is 0 Å². The van der Waals surface area contributed by atoms with Crippen LogP contribution in [0.2, 0.25) is 0 Å². The fourth-order valence-electron chi connectivity index (χ4n) is 1.28. The van der Waals surface area contributed by atoms with Crippen molar-refractivity contribution in [3.63, 3.8) is 0 Å². The van der Waals surface area contributed by atoms with Crippen LogP contribution >= 0.6 is 23.1 Å². The second-order valence-corrected chi connectivity index (χ2v) is 5.64. The molecule has 0 amide bonds. The van der Waals surface area contributed by atoms with Crippen molar-refractivity contribution in [3.05, 3.63) is 23.1 Å². The van der Waals surface area contributed by atoms with E-state index in [4.69, 9.17) is 4.42 Å². The van der Waals surface area contributed by atoms with E-state index in [2.05, 4.69) is 22.4 Å². The van der Waals surface area contributed by atoms with Crippen LogP contribution in [0.15, 0.2) is 21.6 Å². The Hall–Kier alpha value is -1.01. The van der Waals surface area contributed by atoms with Crippen LogP contribution in [-0.4, -0.2) is 16.7 Å². The molecule has 92 valence electrons. The molecule has 0 aromatic carbocycles. The Morgan fingerprint density at radius 1 is 1.47 bits per heavy atom. The molecule has 0 radical (unpaired) electrons. The topological polar surface area (TPSA) is 51.0 Å². The number of aryl methyl sites for hydroxylation is 1. The molecule has 6 heteroatoms. The summed E-state index contributed by atoms with van der Waals surface area (Å²) in [5.41, 5.74) is 0. The maximum atomic E-state index is 5.25. The molecular formula is C11H15N3OS2. The third-order valence-corrected chi connectivity index (χ3v) is 4.37. The van der Waals surface area contributed by atoms with Crippen LogP contribution in [0.4, 0.5) is 5.13 Å². The third-order valence-electron chi connectivity index (χ3n) is 2.16. The van der Waals surface area contributed by atoms with Gasteiger partial charge >= 0.3 is 0 Å². The van der Waals surface area contributed by atoms with Gasteiger partial charge in [-0.2, -0.15) is 0 Å². The van der Waals surface area contributed by atoms with Gasteiger partial charge in [-0.05, 0) is 19.4 Å². The molecule has 0 aliphatic carbocycles. The summed E-state index contributed by atoms with van der Waals surface area (Å²) in [4.78, 5) is 1.17. The fraction of sp³-hybridized carbons (Fsp3) is 0.455. The summed E-state index contributed by atoms with van der Waals surface area (Å²) in [6.07, 6.45) is 2.81. The van der Waals surface area contributed by atoms with Crippen LogP contribution in [0, 0.1) is 6.92 Å². The smallest absolute Gasteiger partial charge is 0.205 e. The average Bonchev–Trinajstić information content (AvgIpc) is 2.93. The summed E-state index contributed by atoms with van der Waals surface area (Å²) >= 11 is 3.35. The first kappa shape index (κ1) is 12.4. The molecule has 0 spiro atoms. The zero-order chi connectivity index (χ0) is 12.1. The first-order valence-electron chi connectivity index (χ1n) is 5.52. The predicted octanol–water partition coefficient (Wildman–Crippen LogP) is 3.55. The Kier molecular flexibility index (Phi) is 4.44. The Bertz CT molecular complexity index is 467. The van der Waals surface area contributed by atoms with Crippen molar-refractivity contribution < 1.29 is 4.42 Å². The molecule has 0 saturated heterocycles. The van der Waals surface area contributed by atoms with Crippen LogP contribution < -0.4 is 5.32 Å². The highest BCUT2D eigenvalue weighted by Gasteiger charge is 2.06. The molecular weight excluding hydrogens is 254 g/mol. The van der Waals surface area contributed by atoms with Crippen LogP contribution in [0.5, 0.6) is 0 Å². The van der Waals surface area contributed by atoms with Crippen molar-refractivity contribution in [1.82, 2.24) is 10.2 Å². The molecule has 0 fully saturated rings. The maximum Gasteiger partial charge on any atom is 0.205 e. The molecule has 1 N–H and O–H groups in total. The SMILES string of the molecule is CCCNc1nnc(CSc2ccoc2C)s1. The van der Waals surface area contributed by atoms with Gasteiger partial charge in [0.15, 0.2) is 0 Å². The molecule has 0 aliphatic rings. The zero-order valence-electron chi connectivity index (χ0n) is 9.90. The highest BCUT2D eigenvalue weighted by Crippen LogP contribution is 2.28. The van der Waals surface area contributed by atoms with Crippen molar-refractivity contribution in [2.45, 2.75) is 30.9 Å². The quantitative estimate of drug-likeness (QED) is 0.813. The zero-order valence-corrected chi connectivity index (χ0v) is 11.5. The van der Waals surface area contributed by atoms with Gasteiger partial charge < -0.3 is 9.73 Å². The molecule has 0 bridgehead atoms. The molecule has 2 aromatic rings. The molecule has 0 saturated carbocycles. The van der Waals surface area contributed by atoms with Crippen molar-refractivity contribution >= 4 is 28.2 Å². The van der Waals surface area contributed by atoms with E-state index in [1.165, 1.54) is 4.90 Å². The fourth-order valence-corrected chi connectivity index (χ4v) is 2.99. The third kappa shape index (κ3) is 3.47. The molecule has 0 unspecified atom stereocenters. The minimum Gasteiger partial charge on any atom is -0.468 e. The molecule has 0 atom stereocenters. The summed E-state index contributed by atoms with van der Waals surface area (Å²) in [5, 5.41) is 13.4. The standard InChI is InChI=1S/C11H15N3OS2/c1-3-5-12-11-14-13-10(17-11)7-16-9-4-6-15-8(9)2/h4,6H,3,5,7H2,1-2H3,(H,12,14). The van der Waals surface area contributed by atoms with E-state index in [1.54, 1.807) is 29.4 Å². The number of rotatable bonds is 6. The van der Waals surface area contributed by atoms with Crippen LogP contribution in [0.25, 0.3) is 0 Å². The van der Waals surface area contributed by atoms with Crippen molar-refractivity contribution in [2.24, 2.45) is 0 Å². The second kappa shape index (κ2) is 6.07. The Labute approximate surface area is 109 Å². The molecule has 0 aliphatic heterocycles. The van der Waals surface area contributed by atoms with Crippen LogP contribution in [0.1, 0.15) is 24.1 Å². The Morgan fingerprint density at radius 2 is 2.35 bits per heavy atom. The van der Waals surface area contributed by atoms with Gasteiger partial charge in [-0.1, -0.05) is 18.3 Å². The lowest BCUT2D eigenvalue weighted by molar-refractivity contribution is 0.527. The van der Waals surface area contributed by atoms with E-state index in [0.717, 1.165) is 34.6 Å². The number of thioether (sulfide) groups is 1. The first-order valence-corrected chi connectivity index (χ1v) is 7.33. The van der Waals surface area contributed by atoms with Gasteiger partial charge in [-0.3, -0.25) is 0 Å². The summed E-state index contributed by atoms with van der Waals surface area (Å²) in [5.74, 6) is 1.80. The Morgan fingerprint density at radius 3 is 3.06 bits per heavy atom. The van der Waals surface area contributed by atoms with Gasteiger partial charge in [0.25, 0.3) is 0 Å². The molecule has 2 heterocycles. The lowest BCUT2D eigenvalue weighted by Crippen LogP contribution is -1.98. The van der Waals surface area contributed by atoms with E-state index in [0.29, 0.717) is 0 Å². The minimum absolute atomic E-state index is 0.839. The largest absolute Gasteiger partial charge is 0.468 e. The summed E-state index contributed by atoms with van der Waals surface area (Å²) in [6.45, 7) is 5.05. The summed E-state index contributed by atoms with van der Waals surface area (Å²) in [6, 6.07) is 1.98. The first-order chi connectivity index (χ1) is 8.29. The molecule has 17 heavy (non-hydrogen) atoms. The molecule has 4 nitrogen and oxygen atoms in total. The lowest BCUT2D eigenvalue weighted by Gasteiger charge is -1.96. The number of furan rings is 1. The van der Waals surface area contributed by atoms with Crippen molar-refractivity contribution in [1.29, 1.82) is 0 Å². The van der Waals surface area contributed by atoms with E-state index in [9.17, 15) is 0 Å². The highest BCUT2D eigenvalue weighted by molar-refractivity contribution is 7.98. The number of nitrogens with one attached hydrogen (secondary N) is 1. The summed E-state index contributed by atoms with van der Waals surface area (Å²) < 4.78 is 5.25. The van der Waals surface area contributed by atoms with E-state index < -0.39 is 0 Å². The van der Waals surface area contributed by atoms with E-state index in [1.807, 2.05) is 13.0 Å². The molecule has 2 rings (SSSR count). The van der Waals surface area contributed by atoms with Gasteiger partial charge in [0.05, 0.1) is 12.0 Å². The molecule has 2 aromatic heterocycles. The van der Waals surface area contributed by atoms with E-state index in [-0.39, 0.29) is 0 Å². The van der Waals surface area contributed by atoms with Gasteiger partial charge in [0, 0.05) is 11.4 Å². The predicted molar refractivity (Wildman–Crippen MR) is 71.7 cm³/mol. The average molecular weight is 269 g/mol. The number of anilines is 1. The maximum absolute atomic E-state index is 5.25. The van der Waals surface area contributed by atoms with Gasteiger partial charge in [0.1, 0.15) is 10.8 Å². The monoisotopic (exact) mass is 269 g/mol.